The van der Waals surface area contributed by atoms with Gasteiger partial charge < -0.3 is 18.9 Å². The van der Waals surface area contributed by atoms with E-state index in [1.54, 1.807) is 0 Å². The van der Waals surface area contributed by atoms with Crippen LogP contribution in [0.15, 0.2) is 36.5 Å². The number of esters is 2. The van der Waals surface area contributed by atoms with Crippen LogP contribution in [0.4, 0.5) is 0 Å². The maximum Gasteiger partial charge on any atom is 0.472 e. The maximum absolute atomic E-state index is 12.9. The lowest BCUT2D eigenvalue weighted by Gasteiger charge is -2.24. The van der Waals surface area contributed by atoms with Crippen molar-refractivity contribution >= 4 is 19.8 Å². The molecule has 0 spiro atoms. The highest BCUT2D eigenvalue weighted by Gasteiger charge is 2.27. The van der Waals surface area contributed by atoms with Crippen LogP contribution in [0.3, 0.4) is 0 Å². The first kappa shape index (κ1) is 77.2. The van der Waals surface area contributed by atoms with Gasteiger partial charge in [-0.1, -0.05) is 314 Å². The van der Waals surface area contributed by atoms with Gasteiger partial charge in [0.25, 0.3) is 0 Å². The van der Waals surface area contributed by atoms with E-state index in [1.165, 1.54) is 263 Å². The van der Waals surface area contributed by atoms with Gasteiger partial charge in [-0.15, -0.1) is 0 Å². The van der Waals surface area contributed by atoms with E-state index in [9.17, 15) is 19.0 Å². The summed E-state index contributed by atoms with van der Waals surface area (Å²) in [4.78, 5) is 35.8. The zero-order valence-electron chi connectivity index (χ0n) is 53.1. The third-order valence-corrected chi connectivity index (χ3v) is 16.4. The Labute approximate surface area is 491 Å². The summed E-state index contributed by atoms with van der Waals surface area (Å²) in [5, 5.41) is 0. The molecule has 0 saturated carbocycles. The second-order valence-electron chi connectivity index (χ2n) is 24.6. The van der Waals surface area contributed by atoms with E-state index in [2.05, 4.69) is 50.3 Å². The normalized spacial score (nSPS) is 13.3. The Balaban J connectivity index is 4.02. The molecule has 1 N–H and O–H groups in total. The predicted octanol–water partition coefficient (Wildman–Crippen LogP) is 21.9. The monoisotopic (exact) mass is 1130 g/mol. The van der Waals surface area contributed by atoms with Gasteiger partial charge in [-0.3, -0.25) is 18.6 Å². The minimum absolute atomic E-state index is 0.0344. The number of hydrogen-bond acceptors (Lipinski definition) is 7. The van der Waals surface area contributed by atoms with Gasteiger partial charge >= 0.3 is 19.8 Å². The SMILES string of the molecule is CCCCCCC/C=C\C/C=C\C/C=C\CCCCCCCCCCCCCCCCCCC(=O)OC(COC(=O)CCCCCCCCCCCCCCCCCCCCCCCCCC)COP(=O)(O)OCC[N+](C)(C)C. The zero-order chi connectivity index (χ0) is 57.7. The van der Waals surface area contributed by atoms with Gasteiger partial charge in [0.05, 0.1) is 27.7 Å². The summed E-state index contributed by atoms with van der Waals surface area (Å²) >= 11 is 0. The number of likely N-dealkylation sites (N-methyl/N-ethyl adjacent to an activating group) is 1. The highest BCUT2D eigenvalue weighted by molar-refractivity contribution is 7.47. The van der Waals surface area contributed by atoms with Crippen LogP contribution in [0, 0.1) is 0 Å². The number of phosphoric acid groups is 1. The van der Waals surface area contributed by atoms with Gasteiger partial charge in [0, 0.05) is 12.8 Å². The molecule has 0 fully saturated rings. The van der Waals surface area contributed by atoms with Crippen molar-refractivity contribution in [3.8, 4) is 0 Å². The Morgan fingerprint density at radius 3 is 1.01 bits per heavy atom. The standard InChI is InChI=1S/C69H132NO8P/c1-6-8-10-12-14-16-18-20-22-24-26-28-30-32-33-34-35-36-37-38-40-42-44-46-48-50-52-54-56-58-60-62-69(72)78-67(66-77-79(73,74)76-64-63-70(3,4)5)65-75-68(71)61-59-57-55-53-51-49-47-45-43-41-39-31-29-27-25-23-21-19-17-15-13-11-9-7-2/h18,20,24,26,30,32,67H,6-17,19,21-23,25,27-29,31,33-66H2,1-5H3/p+1/b20-18-,26-24-,32-30-. The minimum atomic E-state index is -4.39. The van der Waals surface area contributed by atoms with Crippen LogP contribution in [0.25, 0.3) is 0 Å². The second kappa shape index (κ2) is 60.8. The fourth-order valence-corrected chi connectivity index (χ4v) is 10.9. The van der Waals surface area contributed by atoms with Crippen LogP contribution < -0.4 is 0 Å². The number of unbranched alkanes of at least 4 members (excludes halogenated alkanes) is 44. The van der Waals surface area contributed by atoms with Crippen molar-refractivity contribution in [1.29, 1.82) is 0 Å². The maximum atomic E-state index is 12.9. The largest absolute Gasteiger partial charge is 0.472 e. The molecule has 0 rings (SSSR count). The van der Waals surface area contributed by atoms with Crippen molar-refractivity contribution in [2.45, 2.75) is 347 Å². The molecule has 9 nitrogen and oxygen atoms in total. The molecule has 0 bridgehead atoms. The van der Waals surface area contributed by atoms with Gasteiger partial charge in [-0.25, -0.2) is 4.57 Å². The fraction of sp³-hybridized carbons (Fsp3) is 0.884. The number of allylic oxidation sites excluding steroid dienone is 6. The lowest BCUT2D eigenvalue weighted by molar-refractivity contribution is -0.870. The first-order valence-corrected chi connectivity index (χ1v) is 35.7. The van der Waals surface area contributed by atoms with Crippen LogP contribution in [-0.2, 0) is 32.7 Å². The summed E-state index contributed by atoms with van der Waals surface area (Å²) in [5.74, 6) is -0.777. The molecule has 79 heavy (non-hydrogen) atoms. The van der Waals surface area contributed by atoms with E-state index in [4.69, 9.17) is 18.5 Å². The number of carbonyl (C=O) groups excluding carboxylic acids is 2. The number of phosphoric ester groups is 1. The molecule has 0 aliphatic heterocycles. The Bertz CT molecular complexity index is 1430. The lowest BCUT2D eigenvalue weighted by atomic mass is 10.0. The fourth-order valence-electron chi connectivity index (χ4n) is 10.1. The van der Waals surface area contributed by atoms with Crippen LogP contribution in [-0.4, -0.2) is 74.9 Å². The van der Waals surface area contributed by atoms with Gasteiger partial charge in [0.15, 0.2) is 6.10 Å². The molecule has 0 radical (unpaired) electrons. The molecule has 0 amide bonds. The quantitative estimate of drug-likeness (QED) is 0.0211. The van der Waals surface area contributed by atoms with E-state index in [0.717, 1.165) is 44.9 Å². The van der Waals surface area contributed by atoms with E-state index < -0.39 is 26.5 Å². The zero-order valence-corrected chi connectivity index (χ0v) is 54.0. The van der Waals surface area contributed by atoms with Crippen LogP contribution in [0.1, 0.15) is 341 Å². The molecular weight excluding hydrogens is 1000 g/mol. The van der Waals surface area contributed by atoms with Crippen molar-refractivity contribution in [2.75, 3.05) is 47.5 Å². The molecule has 466 valence electrons. The number of ether oxygens (including phenoxy) is 2. The predicted molar refractivity (Wildman–Crippen MR) is 340 cm³/mol. The van der Waals surface area contributed by atoms with E-state index in [-0.39, 0.29) is 25.6 Å². The summed E-state index contributed by atoms with van der Waals surface area (Å²) in [6, 6.07) is 0. The van der Waals surface area contributed by atoms with Gasteiger partial charge in [0.2, 0.25) is 0 Å². The van der Waals surface area contributed by atoms with E-state index in [0.29, 0.717) is 23.9 Å². The van der Waals surface area contributed by atoms with Crippen molar-refractivity contribution in [3.63, 3.8) is 0 Å². The molecular formula is C69H133NO8P+. The molecule has 0 aliphatic carbocycles. The summed E-state index contributed by atoms with van der Waals surface area (Å²) in [6.07, 6.45) is 76.7. The molecule has 0 aliphatic rings. The Kier molecular flexibility index (Phi) is 59.4. The Hall–Kier alpha value is -1.77. The number of rotatable bonds is 64. The molecule has 2 unspecified atom stereocenters. The number of carbonyl (C=O) groups is 2. The van der Waals surface area contributed by atoms with Gasteiger partial charge in [0.1, 0.15) is 19.8 Å². The smallest absolute Gasteiger partial charge is 0.462 e. The van der Waals surface area contributed by atoms with Crippen LogP contribution >= 0.6 is 7.82 Å². The highest BCUT2D eigenvalue weighted by atomic mass is 31.2. The molecule has 0 aromatic rings. The minimum Gasteiger partial charge on any atom is -0.462 e. The van der Waals surface area contributed by atoms with Crippen molar-refractivity contribution in [3.05, 3.63) is 36.5 Å². The summed E-state index contributed by atoms with van der Waals surface area (Å²) in [7, 11) is 1.50. The summed E-state index contributed by atoms with van der Waals surface area (Å²) in [5.41, 5.74) is 0. The van der Waals surface area contributed by atoms with Crippen LogP contribution in [0.2, 0.25) is 0 Å². The first-order valence-electron chi connectivity index (χ1n) is 34.2. The molecule has 0 saturated heterocycles. The number of quaternary nitrogens is 1. The van der Waals surface area contributed by atoms with Crippen molar-refractivity contribution < 1.29 is 42.1 Å². The molecule has 10 heteroatoms. The van der Waals surface area contributed by atoms with Crippen molar-refractivity contribution in [1.82, 2.24) is 0 Å². The first-order chi connectivity index (χ1) is 38.5. The molecule has 0 heterocycles. The Morgan fingerprint density at radius 2 is 0.684 bits per heavy atom. The number of nitrogens with zero attached hydrogens (tertiary/aromatic N) is 1. The van der Waals surface area contributed by atoms with Crippen molar-refractivity contribution in [2.24, 2.45) is 0 Å². The molecule has 2 atom stereocenters. The topological polar surface area (TPSA) is 108 Å². The van der Waals surface area contributed by atoms with Gasteiger partial charge in [-0.2, -0.15) is 0 Å². The van der Waals surface area contributed by atoms with E-state index in [1.807, 2.05) is 21.1 Å². The molecule has 0 aromatic heterocycles. The highest BCUT2D eigenvalue weighted by Crippen LogP contribution is 2.43. The van der Waals surface area contributed by atoms with E-state index >= 15 is 0 Å². The second-order valence-corrected chi connectivity index (χ2v) is 26.0. The van der Waals surface area contributed by atoms with Crippen LogP contribution in [0.5, 0.6) is 0 Å². The number of hydrogen-bond donors (Lipinski definition) is 1. The Morgan fingerprint density at radius 1 is 0.392 bits per heavy atom. The summed E-state index contributed by atoms with van der Waals surface area (Å²) in [6.45, 7) is 4.49. The third-order valence-electron chi connectivity index (χ3n) is 15.4. The molecule has 0 aromatic carbocycles. The average Bonchev–Trinajstić information content (AvgIpc) is 3.41. The van der Waals surface area contributed by atoms with Gasteiger partial charge in [-0.05, 0) is 51.4 Å². The lowest BCUT2D eigenvalue weighted by Crippen LogP contribution is -2.37. The third kappa shape index (κ3) is 65.3. The summed E-state index contributed by atoms with van der Waals surface area (Å²) < 4.78 is 34.7. The average molecular weight is 1140 g/mol.